The van der Waals surface area contributed by atoms with E-state index in [-0.39, 0.29) is 5.54 Å². The van der Waals surface area contributed by atoms with Crippen molar-refractivity contribution in [2.24, 2.45) is 0 Å². The third-order valence-electron chi connectivity index (χ3n) is 4.88. The van der Waals surface area contributed by atoms with E-state index >= 15 is 0 Å². The van der Waals surface area contributed by atoms with Crippen molar-refractivity contribution in [2.75, 3.05) is 20.1 Å². The lowest BCUT2D eigenvalue weighted by atomic mass is 9.96. The van der Waals surface area contributed by atoms with Gasteiger partial charge < -0.3 is 10.2 Å². The van der Waals surface area contributed by atoms with E-state index in [1.165, 1.54) is 49.2 Å². The van der Waals surface area contributed by atoms with Gasteiger partial charge in [0.25, 0.3) is 0 Å². The summed E-state index contributed by atoms with van der Waals surface area (Å²) in [4.78, 5) is 9.09. The summed E-state index contributed by atoms with van der Waals surface area (Å²) in [6, 6.07) is 0.639. The molecule has 0 aromatic carbocycles. The number of likely N-dealkylation sites (tertiary alicyclic amines) is 1. The van der Waals surface area contributed by atoms with Crippen molar-refractivity contribution in [3.8, 4) is 0 Å². The van der Waals surface area contributed by atoms with E-state index in [0.717, 1.165) is 13.1 Å². The topological polar surface area (TPSA) is 28.2 Å². The number of aryl methyl sites for hydroxylation is 2. The van der Waals surface area contributed by atoms with E-state index in [1.54, 1.807) is 4.88 Å². The standard InChI is InChI=1S/C16H27N3S/c1-4-9-17-16(10-12(2)19(3)11-16)15-18-13-7-5-6-8-14(13)20-15/h12,17H,4-11H2,1-3H3. The molecule has 1 aromatic rings. The first kappa shape index (κ1) is 14.5. The van der Waals surface area contributed by atoms with Crippen molar-refractivity contribution in [3.05, 3.63) is 15.6 Å². The number of aromatic nitrogens is 1. The molecule has 1 aliphatic heterocycles. The van der Waals surface area contributed by atoms with Crippen LogP contribution in [0.5, 0.6) is 0 Å². The molecule has 112 valence electrons. The average Bonchev–Trinajstić information content (AvgIpc) is 2.99. The number of likely N-dealkylation sites (N-methyl/N-ethyl adjacent to an activating group) is 1. The lowest BCUT2D eigenvalue weighted by Gasteiger charge is -2.28. The summed E-state index contributed by atoms with van der Waals surface area (Å²) in [5.41, 5.74) is 1.50. The van der Waals surface area contributed by atoms with Gasteiger partial charge in [-0.05, 0) is 59.0 Å². The molecule has 1 N–H and O–H groups in total. The summed E-state index contributed by atoms with van der Waals surface area (Å²) in [7, 11) is 2.24. The molecule has 20 heavy (non-hydrogen) atoms. The smallest absolute Gasteiger partial charge is 0.115 e. The summed E-state index contributed by atoms with van der Waals surface area (Å²) in [5, 5.41) is 5.19. The van der Waals surface area contributed by atoms with Gasteiger partial charge in [-0.15, -0.1) is 11.3 Å². The van der Waals surface area contributed by atoms with Gasteiger partial charge in [0.15, 0.2) is 0 Å². The molecule has 0 bridgehead atoms. The fraction of sp³-hybridized carbons (Fsp3) is 0.812. The summed E-state index contributed by atoms with van der Waals surface area (Å²) >= 11 is 1.99. The van der Waals surface area contributed by atoms with Crippen LogP contribution in [0.4, 0.5) is 0 Å². The van der Waals surface area contributed by atoms with Crippen LogP contribution in [-0.4, -0.2) is 36.1 Å². The van der Waals surface area contributed by atoms with Crippen molar-refractivity contribution < 1.29 is 0 Å². The molecule has 2 atom stereocenters. The van der Waals surface area contributed by atoms with Gasteiger partial charge in [-0.3, -0.25) is 0 Å². The number of thiazole rings is 1. The lowest BCUT2D eigenvalue weighted by molar-refractivity contribution is 0.299. The lowest BCUT2D eigenvalue weighted by Crippen LogP contribution is -2.44. The first-order chi connectivity index (χ1) is 9.64. The van der Waals surface area contributed by atoms with E-state index in [1.807, 2.05) is 11.3 Å². The van der Waals surface area contributed by atoms with Crippen LogP contribution in [0.15, 0.2) is 0 Å². The van der Waals surface area contributed by atoms with Crippen LogP contribution in [0.2, 0.25) is 0 Å². The Hall–Kier alpha value is -0.450. The third kappa shape index (κ3) is 2.53. The van der Waals surface area contributed by atoms with Crippen molar-refractivity contribution in [1.82, 2.24) is 15.2 Å². The normalized spacial score (nSPS) is 30.6. The minimum absolute atomic E-state index is 0.103. The highest BCUT2D eigenvalue weighted by atomic mass is 32.1. The van der Waals surface area contributed by atoms with E-state index in [9.17, 15) is 0 Å². The van der Waals surface area contributed by atoms with Gasteiger partial charge >= 0.3 is 0 Å². The minimum Gasteiger partial charge on any atom is -0.304 e. The van der Waals surface area contributed by atoms with Gasteiger partial charge in [0.05, 0.1) is 11.2 Å². The van der Waals surface area contributed by atoms with Crippen LogP contribution in [0.3, 0.4) is 0 Å². The summed E-state index contributed by atoms with van der Waals surface area (Å²) in [6.07, 6.45) is 7.49. The number of nitrogens with one attached hydrogen (secondary N) is 1. The maximum atomic E-state index is 5.06. The zero-order valence-corrected chi connectivity index (χ0v) is 13.9. The van der Waals surface area contributed by atoms with Crippen molar-refractivity contribution in [2.45, 2.75) is 64.0 Å². The molecule has 2 unspecified atom stereocenters. The monoisotopic (exact) mass is 293 g/mol. The van der Waals surface area contributed by atoms with Gasteiger partial charge in [-0.25, -0.2) is 4.98 Å². The second-order valence-corrected chi connectivity index (χ2v) is 7.66. The van der Waals surface area contributed by atoms with Crippen molar-refractivity contribution in [1.29, 1.82) is 0 Å². The molecule has 0 radical (unpaired) electrons. The van der Waals surface area contributed by atoms with Gasteiger partial charge in [0, 0.05) is 17.5 Å². The Morgan fingerprint density at radius 1 is 1.40 bits per heavy atom. The molecule has 1 saturated heterocycles. The van der Waals surface area contributed by atoms with Gasteiger partial charge in [0.1, 0.15) is 5.01 Å². The molecule has 1 aromatic heterocycles. The zero-order valence-electron chi connectivity index (χ0n) is 13.0. The quantitative estimate of drug-likeness (QED) is 0.925. The highest BCUT2D eigenvalue weighted by Crippen LogP contribution is 2.39. The molecular weight excluding hydrogens is 266 g/mol. The fourth-order valence-corrected chi connectivity index (χ4v) is 4.90. The third-order valence-corrected chi connectivity index (χ3v) is 6.25. The van der Waals surface area contributed by atoms with Crippen LogP contribution in [-0.2, 0) is 18.4 Å². The Morgan fingerprint density at radius 2 is 2.20 bits per heavy atom. The molecule has 1 aliphatic carbocycles. The van der Waals surface area contributed by atoms with E-state index in [2.05, 4.69) is 31.1 Å². The zero-order chi connectivity index (χ0) is 14.2. The molecule has 0 amide bonds. The molecule has 0 spiro atoms. The highest BCUT2D eigenvalue weighted by molar-refractivity contribution is 7.11. The fourth-order valence-electron chi connectivity index (χ4n) is 3.59. The van der Waals surface area contributed by atoms with E-state index in [4.69, 9.17) is 4.98 Å². The number of nitrogens with zero attached hydrogens (tertiary/aromatic N) is 2. The van der Waals surface area contributed by atoms with Gasteiger partial charge in [0.2, 0.25) is 0 Å². The van der Waals surface area contributed by atoms with E-state index < -0.39 is 0 Å². The molecule has 1 fully saturated rings. The van der Waals surface area contributed by atoms with Gasteiger partial charge in [-0.1, -0.05) is 6.92 Å². The minimum atomic E-state index is 0.103. The first-order valence-corrected chi connectivity index (χ1v) is 8.90. The molecule has 2 heterocycles. The van der Waals surface area contributed by atoms with Crippen LogP contribution in [0.25, 0.3) is 0 Å². The van der Waals surface area contributed by atoms with Crippen LogP contribution >= 0.6 is 11.3 Å². The summed E-state index contributed by atoms with van der Waals surface area (Å²) < 4.78 is 0. The van der Waals surface area contributed by atoms with Crippen molar-refractivity contribution in [3.63, 3.8) is 0 Å². The molecule has 3 rings (SSSR count). The number of hydrogen-bond donors (Lipinski definition) is 1. The van der Waals surface area contributed by atoms with Gasteiger partial charge in [-0.2, -0.15) is 0 Å². The Labute approximate surface area is 126 Å². The Balaban J connectivity index is 1.91. The highest BCUT2D eigenvalue weighted by Gasteiger charge is 2.44. The largest absolute Gasteiger partial charge is 0.304 e. The Kier molecular flexibility index (Phi) is 4.16. The SMILES string of the molecule is CCCNC1(c2nc3c(s2)CCCC3)CC(C)N(C)C1. The van der Waals surface area contributed by atoms with Crippen LogP contribution < -0.4 is 5.32 Å². The molecule has 2 aliphatic rings. The maximum Gasteiger partial charge on any atom is 0.115 e. The Morgan fingerprint density at radius 3 is 2.85 bits per heavy atom. The van der Waals surface area contributed by atoms with E-state index in [0.29, 0.717) is 6.04 Å². The summed E-state index contributed by atoms with van der Waals surface area (Å²) in [5.74, 6) is 0. The van der Waals surface area contributed by atoms with Crippen LogP contribution in [0.1, 0.15) is 55.1 Å². The van der Waals surface area contributed by atoms with Crippen molar-refractivity contribution >= 4 is 11.3 Å². The maximum absolute atomic E-state index is 5.06. The van der Waals surface area contributed by atoms with Crippen LogP contribution in [0, 0.1) is 0 Å². The molecule has 3 nitrogen and oxygen atoms in total. The Bertz CT molecular complexity index is 435. The number of hydrogen-bond acceptors (Lipinski definition) is 4. The first-order valence-electron chi connectivity index (χ1n) is 8.09. The molecule has 0 saturated carbocycles. The predicted octanol–water partition coefficient (Wildman–Crippen LogP) is 2.94. The molecular formula is C16H27N3S. The summed E-state index contributed by atoms with van der Waals surface area (Å²) in [6.45, 7) is 6.77. The number of fused-ring (bicyclic) bond motifs is 1. The molecule has 4 heteroatoms. The predicted molar refractivity (Wildman–Crippen MR) is 85.4 cm³/mol. The number of rotatable bonds is 4. The second kappa shape index (κ2) is 5.74. The second-order valence-electron chi connectivity index (χ2n) is 6.57. The average molecular weight is 293 g/mol.